The predicted molar refractivity (Wildman–Crippen MR) is 145 cm³/mol. The molecule has 7 aromatic rings. The first-order valence-corrected chi connectivity index (χ1v) is 11.8. The van der Waals surface area contributed by atoms with E-state index in [2.05, 4.69) is 69.8 Å². The molecule has 0 aliphatic carbocycles. The summed E-state index contributed by atoms with van der Waals surface area (Å²) in [6.07, 6.45) is 0. The Kier molecular flexibility index (Phi) is 4.24. The van der Waals surface area contributed by atoms with E-state index in [4.69, 9.17) is 0 Å². The Balaban J connectivity index is 1.60. The number of nitrogens with zero attached hydrogens (tertiary/aromatic N) is 4. The minimum absolute atomic E-state index is 0.511. The summed E-state index contributed by atoms with van der Waals surface area (Å²) in [6, 6.07) is 41.3. The summed E-state index contributed by atoms with van der Waals surface area (Å²) in [5, 5.41) is 25.1. The molecule has 0 spiro atoms. The molecule has 36 heavy (non-hydrogen) atoms. The van der Waals surface area contributed by atoms with Gasteiger partial charge in [-0.05, 0) is 36.4 Å². The van der Waals surface area contributed by atoms with Gasteiger partial charge in [-0.25, -0.2) is 0 Å². The van der Waals surface area contributed by atoms with Crippen LogP contribution in [-0.4, -0.2) is 9.13 Å². The maximum atomic E-state index is 10.3. The summed E-state index contributed by atoms with van der Waals surface area (Å²) >= 11 is 0. The van der Waals surface area contributed by atoms with E-state index in [-0.39, 0.29) is 0 Å². The van der Waals surface area contributed by atoms with Crippen molar-refractivity contribution in [1.82, 2.24) is 9.13 Å². The minimum atomic E-state index is 0.511. The Hall–Kier alpha value is -5.32. The van der Waals surface area contributed by atoms with E-state index in [1.165, 1.54) is 0 Å². The summed E-state index contributed by atoms with van der Waals surface area (Å²) in [4.78, 5) is 0. The topological polar surface area (TPSA) is 57.4 Å². The number of hydrogen-bond donors (Lipinski definition) is 0. The first kappa shape index (κ1) is 20.1. The molecule has 2 heterocycles. The molecule has 0 fully saturated rings. The second kappa shape index (κ2) is 7.60. The van der Waals surface area contributed by atoms with Crippen molar-refractivity contribution in [3.63, 3.8) is 0 Å². The zero-order valence-corrected chi connectivity index (χ0v) is 19.2. The van der Waals surface area contributed by atoms with Gasteiger partial charge in [-0.15, -0.1) is 0 Å². The van der Waals surface area contributed by atoms with Crippen LogP contribution in [0.2, 0.25) is 0 Å². The van der Waals surface area contributed by atoms with Gasteiger partial charge < -0.3 is 9.13 Å². The zero-order chi connectivity index (χ0) is 24.2. The smallest absolute Gasteiger partial charge is 0.101 e. The van der Waals surface area contributed by atoms with Crippen molar-refractivity contribution < 1.29 is 0 Å². The van der Waals surface area contributed by atoms with Crippen LogP contribution in [0.15, 0.2) is 109 Å². The Morgan fingerprint density at radius 2 is 0.694 bits per heavy atom. The van der Waals surface area contributed by atoms with Gasteiger partial charge in [0.05, 0.1) is 44.6 Å². The highest BCUT2D eigenvalue weighted by Gasteiger charge is 2.20. The predicted octanol–water partition coefficient (Wildman–Crippen LogP) is 7.62. The van der Waals surface area contributed by atoms with Gasteiger partial charge in [0, 0.05) is 21.5 Å². The van der Waals surface area contributed by atoms with Crippen molar-refractivity contribution in [1.29, 1.82) is 10.5 Å². The van der Waals surface area contributed by atoms with Gasteiger partial charge in [-0.3, -0.25) is 0 Å². The quantitative estimate of drug-likeness (QED) is 0.267. The number of nitriles is 2. The molecule has 4 nitrogen and oxygen atoms in total. The molecule has 4 heteroatoms. The zero-order valence-electron chi connectivity index (χ0n) is 19.2. The van der Waals surface area contributed by atoms with Crippen LogP contribution in [-0.2, 0) is 0 Å². The van der Waals surface area contributed by atoms with Crippen molar-refractivity contribution >= 4 is 43.6 Å². The molecular formula is C32H18N4. The average Bonchev–Trinajstić information content (AvgIpc) is 3.45. The molecule has 0 saturated carbocycles. The van der Waals surface area contributed by atoms with Gasteiger partial charge in [0.2, 0.25) is 0 Å². The average molecular weight is 459 g/mol. The Morgan fingerprint density at radius 3 is 0.972 bits per heavy atom. The number of aromatic nitrogens is 2. The number of hydrogen-bond acceptors (Lipinski definition) is 2. The van der Waals surface area contributed by atoms with Gasteiger partial charge in [0.1, 0.15) is 12.1 Å². The maximum Gasteiger partial charge on any atom is 0.101 e. The second-order valence-corrected chi connectivity index (χ2v) is 8.85. The van der Waals surface area contributed by atoms with Crippen LogP contribution in [0, 0.1) is 22.7 Å². The standard InChI is InChI=1S/C32H18N4/c33-19-21-18-32(36-29-15-7-3-11-25(29)26-12-4-8-16-30(26)36)22(20-34)17-31(21)35-27-13-5-1-9-23(27)24-10-2-6-14-28(24)35/h1-18H. The van der Waals surface area contributed by atoms with Gasteiger partial charge in [0.15, 0.2) is 0 Å². The number of benzene rings is 5. The van der Waals surface area contributed by atoms with Gasteiger partial charge in [0.25, 0.3) is 0 Å². The second-order valence-electron chi connectivity index (χ2n) is 8.85. The molecule has 2 aromatic heterocycles. The van der Waals surface area contributed by atoms with Crippen LogP contribution >= 0.6 is 0 Å². The maximum absolute atomic E-state index is 10.3. The largest absolute Gasteiger partial charge is 0.308 e. The fourth-order valence-electron chi connectivity index (χ4n) is 5.49. The molecule has 0 aliphatic rings. The number of fused-ring (bicyclic) bond motifs is 6. The summed E-state index contributed by atoms with van der Waals surface area (Å²) in [5.41, 5.74) is 6.45. The molecule has 5 aromatic carbocycles. The summed E-state index contributed by atoms with van der Waals surface area (Å²) in [5.74, 6) is 0. The van der Waals surface area contributed by atoms with Crippen LogP contribution in [0.4, 0.5) is 0 Å². The van der Waals surface area contributed by atoms with E-state index in [0.29, 0.717) is 22.5 Å². The van der Waals surface area contributed by atoms with Gasteiger partial charge in [-0.2, -0.15) is 10.5 Å². The van der Waals surface area contributed by atoms with Crippen molar-refractivity contribution in [2.24, 2.45) is 0 Å². The van der Waals surface area contributed by atoms with E-state index in [1.54, 1.807) is 0 Å². The van der Waals surface area contributed by atoms with Gasteiger partial charge in [-0.1, -0.05) is 72.8 Å². The van der Waals surface area contributed by atoms with Crippen LogP contribution < -0.4 is 0 Å². The Labute approximate surface area is 207 Å². The molecular weight excluding hydrogens is 440 g/mol. The first-order valence-electron chi connectivity index (χ1n) is 11.8. The fourth-order valence-corrected chi connectivity index (χ4v) is 5.49. The van der Waals surface area contributed by atoms with E-state index in [0.717, 1.165) is 43.6 Å². The lowest BCUT2D eigenvalue weighted by molar-refractivity contribution is 1.12. The molecule has 0 unspecified atom stereocenters. The third-order valence-electron chi connectivity index (χ3n) is 7.00. The lowest BCUT2D eigenvalue weighted by Gasteiger charge is -2.15. The molecule has 0 N–H and O–H groups in total. The van der Waals surface area contributed by atoms with Gasteiger partial charge >= 0.3 is 0 Å². The highest BCUT2D eigenvalue weighted by Crippen LogP contribution is 2.37. The number of para-hydroxylation sites is 4. The van der Waals surface area contributed by atoms with Crippen LogP contribution in [0.3, 0.4) is 0 Å². The molecule has 0 radical (unpaired) electrons. The molecule has 7 rings (SSSR count). The molecule has 0 atom stereocenters. The van der Waals surface area contributed by atoms with Crippen molar-refractivity contribution in [3.05, 3.63) is 120 Å². The van der Waals surface area contributed by atoms with Crippen molar-refractivity contribution in [3.8, 4) is 23.5 Å². The van der Waals surface area contributed by atoms with Crippen LogP contribution in [0.5, 0.6) is 0 Å². The summed E-state index contributed by atoms with van der Waals surface area (Å²) in [7, 11) is 0. The van der Waals surface area contributed by atoms with Crippen LogP contribution in [0.25, 0.3) is 55.0 Å². The first-order chi connectivity index (χ1) is 17.8. The van der Waals surface area contributed by atoms with Crippen LogP contribution in [0.1, 0.15) is 11.1 Å². The monoisotopic (exact) mass is 458 g/mol. The molecule has 0 aliphatic heterocycles. The van der Waals surface area contributed by atoms with E-state index >= 15 is 0 Å². The normalized spacial score (nSPS) is 11.3. The van der Waals surface area contributed by atoms with E-state index < -0.39 is 0 Å². The lowest BCUT2D eigenvalue weighted by Crippen LogP contribution is -2.04. The highest BCUT2D eigenvalue weighted by molar-refractivity contribution is 6.10. The van der Waals surface area contributed by atoms with Crippen molar-refractivity contribution in [2.75, 3.05) is 0 Å². The van der Waals surface area contributed by atoms with E-state index in [9.17, 15) is 10.5 Å². The third-order valence-corrected chi connectivity index (χ3v) is 7.00. The third kappa shape index (κ3) is 2.67. The molecule has 0 bridgehead atoms. The minimum Gasteiger partial charge on any atom is -0.308 e. The Bertz CT molecular complexity index is 1820. The highest BCUT2D eigenvalue weighted by atomic mass is 15.0. The lowest BCUT2D eigenvalue weighted by atomic mass is 10.1. The summed E-state index contributed by atoms with van der Waals surface area (Å²) in [6.45, 7) is 0. The molecule has 166 valence electrons. The molecule has 0 saturated heterocycles. The van der Waals surface area contributed by atoms with Crippen molar-refractivity contribution in [2.45, 2.75) is 0 Å². The van der Waals surface area contributed by atoms with E-state index in [1.807, 2.05) is 60.7 Å². The summed E-state index contributed by atoms with van der Waals surface area (Å²) < 4.78 is 4.19. The molecule has 0 amide bonds. The Morgan fingerprint density at radius 1 is 0.417 bits per heavy atom. The number of rotatable bonds is 2. The SMILES string of the molecule is N#Cc1cc(-n2c3ccccc3c3ccccc32)c(C#N)cc1-n1c2ccccc2c2ccccc21. The fraction of sp³-hybridized carbons (Fsp3) is 0.